The van der Waals surface area contributed by atoms with Crippen LogP contribution in [0.5, 0.6) is 0 Å². The predicted octanol–water partition coefficient (Wildman–Crippen LogP) is 5.51. The standard InChI is InChI=1S/C18H20N2O2.C9H16N2.C7H5NO.CO2.ClH/c21-16(14-1-2-17-15(19-14)5-10-22-17)11-13-12-3-8-20(9-4-12)18(13)6-7-18;10-8-7-1-5-11(6-2-7)9(8)3-4-9;1-2-7-6(8-4-1)3-5-9-7;2-1-3;/h1-2,5,10,12-13H,3-4,6-9,11H2;7-8H,1-6,10H2;1-5H;;1H/t13-;8-;;;/m11.../s1. The molecule has 2 atom stereocenters. The van der Waals surface area contributed by atoms with E-state index in [0.717, 1.165) is 34.0 Å². The average molecular weight is 648 g/mol. The number of hydrogen-bond acceptors (Lipinski definition) is 10. The van der Waals surface area contributed by atoms with Crippen LogP contribution in [0, 0.1) is 17.8 Å². The van der Waals surface area contributed by atoms with Gasteiger partial charge in [-0.1, -0.05) is 0 Å². The Balaban J connectivity index is 0.000000129. The number of pyridine rings is 2. The Kier molecular flexibility index (Phi) is 9.46. The van der Waals surface area contributed by atoms with Crippen LogP contribution in [0.1, 0.15) is 68.3 Å². The van der Waals surface area contributed by atoms with Gasteiger partial charge < -0.3 is 14.6 Å². The molecule has 0 unspecified atom stereocenters. The zero-order chi connectivity index (χ0) is 31.0. The summed E-state index contributed by atoms with van der Waals surface area (Å²) in [7, 11) is 0. The van der Waals surface area contributed by atoms with E-state index in [1.807, 2.05) is 36.4 Å². The summed E-state index contributed by atoms with van der Waals surface area (Å²) in [6, 6.07) is 11.6. The SMILES string of the molecule is Cl.N[C@@H]1C2CCN(CC2)C12CC2.O=C(C[C@@H]1C2CCN(CC2)C12CC2)c1ccc2occc2n1.O=C=O.c1cnc2ccoc2c1. The van der Waals surface area contributed by atoms with E-state index < -0.39 is 0 Å². The highest BCUT2D eigenvalue weighted by Crippen LogP contribution is 2.58. The minimum atomic E-state index is 0. The Morgan fingerprint density at radius 2 is 1.39 bits per heavy atom. The number of Topliss-reactive ketones (excluding diaryl/α,β-unsaturated/α-hetero) is 1. The van der Waals surface area contributed by atoms with Gasteiger partial charge in [0.15, 0.2) is 16.9 Å². The summed E-state index contributed by atoms with van der Waals surface area (Å²) in [6.45, 7) is 5.15. The van der Waals surface area contributed by atoms with Crippen LogP contribution in [0.4, 0.5) is 0 Å². The van der Waals surface area contributed by atoms with Crippen molar-refractivity contribution in [1.82, 2.24) is 19.8 Å². The van der Waals surface area contributed by atoms with Crippen molar-refractivity contribution >= 4 is 46.5 Å². The Hall–Kier alpha value is -3.40. The normalized spacial score (nSPS) is 29.7. The molecule has 11 heteroatoms. The second-order valence-corrected chi connectivity index (χ2v) is 13.5. The van der Waals surface area contributed by atoms with Gasteiger partial charge in [-0.15, -0.1) is 12.4 Å². The third kappa shape index (κ3) is 6.05. The summed E-state index contributed by atoms with van der Waals surface area (Å²) in [6.07, 6.45) is 16.5. The topological polar surface area (TPSA) is 136 Å². The molecule has 6 aliphatic heterocycles. The molecule has 46 heavy (non-hydrogen) atoms. The van der Waals surface area contributed by atoms with E-state index in [9.17, 15) is 4.79 Å². The highest BCUT2D eigenvalue weighted by atomic mass is 35.5. The van der Waals surface area contributed by atoms with E-state index in [4.69, 9.17) is 24.2 Å². The molecule has 0 aromatic carbocycles. The molecule has 6 saturated heterocycles. The third-order valence-corrected chi connectivity index (χ3v) is 11.5. The van der Waals surface area contributed by atoms with Gasteiger partial charge >= 0.3 is 6.15 Å². The van der Waals surface area contributed by atoms with Crippen molar-refractivity contribution in [2.45, 2.75) is 74.9 Å². The quantitative estimate of drug-likeness (QED) is 0.283. The molecular weight excluding hydrogens is 606 g/mol. The van der Waals surface area contributed by atoms with E-state index >= 15 is 0 Å². The molecule has 12 rings (SSSR count). The summed E-state index contributed by atoms with van der Waals surface area (Å²) >= 11 is 0. The zero-order valence-corrected chi connectivity index (χ0v) is 26.8. The number of carbonyl (C=O) groups excluding carboxylic acids is 3. The van der Waals surface area contributed by atoms with Crippen LogP contribution in [-0.4, -0.2) is 75.0 Å². The lowest BCUT2D eigenvalue weighted by molar-refractivity contribution is -0.191. The fourth-order valence-electron chi connectivity index (χ4n) is 8.84. The first kappa shape index (κ1) is 32.5. The van der Waals surface area contributed by atoms with Crippen molar-refractivity contribution in [3.05, 3.63) is 60.8 Å². The van der Waals surface area contributed by atoms with Gasteiger partial charge in [-0.25, -0.2) is 4.98 Å². The van der Waals surface area contributed by atoms with Gasteiger partial charge in [0.05, 0.1) is 12.5 Å². The molecule has 10 heterocycles. The van der Waals surface area contributed by atoms with Crippen molar-refractivity contribution < 1.29 is 23.2 Å². The number of halogens is 1. The summed E-state index contributed by atoms with van der Waals surface area (Å²) in [4.78, 5) is 42.8. The number of rotatable bonds is 3. The van der Waals surface area contributed by atoms with Crippen LogP contribution >= 0.6 is 12.4 Å². The molecule has 10 nitrogen and oxygen atoms in total. The zero-order valence-electron chi connectivity index (χ0n) is 26.0. The average Bonchev–Trinajstić information content (AvgIpc) is 3.94. The van der Waals surface area contributed by atoms with Crippen molar-refractivity contribution in [3.63, 3.8) is 0 Å². The first-order chi connectivity index (χ1) is 22.0. The summed E-state index contributed by atoms with van der Waals surface area (Å²) in [5, 5.41) is 0. The second-order valence-electron chi connectivity index (χ2n) is 13.5. The molecule has 4 aromatic heterocycles. The smallest absolute Gasteiger partial charge is 0.373 e. The molecule has 4 bridgehead atoms. The molecule has 2 saturated carbocycles. The molecule has 0 amide bonds. The lowest BCUT2D eigenvalue weighted by Gasteiger charge is -2.52. The minimum Gasteiger partial charge on any atom is -0.463 e. The number of fused-ring (bicyclic) bond motifs is 6. The minimum absolute atomic E-state index is 0. The predicted molar refractivity (Wildman–Crippen MR) is 173 cm³/mol. The van der Waals surface area contributed by atoms with Gasteiger partial charge in [0, 0.05) is 41.9 Å². The maximum atomic E-state index is 12.8. The van der Waals surface area contributed by atoms with Gasteiger partial charge in [0.1, 0.15) is 16.7 Å². The van der Waals surface area contributed by atoms with E-state index in [1.165, 1.54) is 77.5 Å². The molecular formula is C35H42ClN5O5. The summed E-state index contributed by atoms with van der Waals surface area (Å²) < 4.78 is 10.4. The molecule has 2 N–H and O–H groups in total. The van der Waals surface area contributed by atoms with Gasteiger partial charge in [-0.3, -0.25) is 19.6 Å². The highest BCUT2D eigenvalue weighted by Gasteiger charge is 2.60. The van der Waals surface area contributed by atoms with Crippen LogP contribution in [0.25, 0.3) is 22.2 Å². The largest absolute Gasteiger partial charge is 0.463 e. The summed E-state index contributed by atoms with van der Waals surface area (Å²) in [5.41, 5.74) is 11.0. The van der Waals surface area contributed by atoms with Crippen LogP contribution in [0.3, 0.4) is 0 Å². The maximum Gasteiger partial charge on any atom is 0.373 e. The Labute approximate surface area is 274 Å². The first-order valence-corrected chi connectivity index (χ1v) is 16.4. The van der Waals surface area contributed by atoms with Crippen LogP contribution in [0.15, 0.2) is 64.0 Å². The van der Waals surface area contributed by atoms with Gasteiger partial charge in [0.2, 0.25) is 0 Å². The Morgan fingerprint density at radius 1 is 0.826 bits per heavy atom. The maximum absolute atomic E-state index is 12.8. The van der Waals surface area contributed by atoms with Crippen molar-refractivity contribution in [3.8, 4) is 0 Å². The fraction of sp³-hybridized carbons (Fsp3) is 0.543. The van der Waals surface area contributed by atoms with E-state index in [1.54, 1.807) is 18.7 Å². The number of ketones is 1. The molecule has 2 spiro atoms. The third-order valence-electron chi connectivity index (χ3n) is 11.5. The van der Waals surface area contributed by atoms with Crippen molar-refractivity contribution in [1.29, 1.82) is 0 Å². The number of nitrogens with two attached hydrogens (primary N) is 1. The Bertz CT molecular complexity index is 1640. The van der Waals surface area contributed by atoms with E-state index in [0.29, 0.717) is 35.2 Å². The lowest BCUT2D eigenvalue weighted by atomic mass is 9.69. The molecule has 8 aliphatic rings. The molecule has 0 radical (unpaired) electrons. The molecule has 2 aliphatic carbocycles. The molecule has 8 fully saturated rings. The van der Waals surface area contributed by atoms with Crippen LogP contribution in [0.2, 0.25) is 0 Å². The fourth-order valence-corrected chi connectivity index (χ4v) is 8.84. The van der Waals surface area contributed by atoms with Crippen molar-refractivity contribution in [2.75, 3.05) is 26.2 Å². The summed E-state index contributed by atoms with van der Waals surface area (Å²) in [5.74, 6) is 2.36. The number of hydrogen-bond donors (Lipinski definition) is 1. The Morgan fingerprint density at radius 3 is 1.96 bits per heavy atom. The second kappa shape index (κ2) is 13.4. The number of furan rings is 2. The highest BCUT2D eigenvalue weighted by molar-refractivity contribution is 5.96. The van der Waals surface area contributed by atoms with Crippen molar-refractivity contribution in [2.24, 2.45) is 23.5 Å². The van der Waals surface area contributed by atoms with E-state index in [-0.39, 0.29) is 24.3 Å². The van der Waals surface area contributed by atoms with Crippen LogP contribution in [-0.2, 0) is 9.59 Å². The number of nitrogens with zero attached hydrogens (tertiary/aromatic N) is 4. The van der Waals surface area contributed by atoms with E-state index in [2.05, 4.69) is 19.8 Å². The monoisotopic (exact) mass is 647 g/mol. The first-order valence-electron chi connectivity index (χ1n) is 16.4. The molecule has 244 valence electrons. The molecule has 4 aromatic rings. The number of carbonyl (C=O) groups is 1. The van der Waals surface area contributed by atoms with Gasteiger partial charge in [-0.05, 0) is 120 Å². The van der Waals surface area contributed by atoms with Crippen LogP contribution < -0.4 is 5.73 Å². The number of piperidine rings is 6. The number of aromatic nitrogens is 2. The lowest BCUT2D eigenvalue weighted by Crippen LogP contribution is -2.63. The van der Waals surface area contributed by atoms with Gasteiger partial charge in [0.25, 0.3) is 0 Å². The van der Waals surface area contributed by atoms with Gasteiger partial charge in [-0.2, -0.15) is 9.59 Å².